The zero-order chi connectivity index (χ0) is 20.1. The summed E-state index contributed by atoms with van der Waals surface area (Å²) in [5.41, 5.74) is 1.15. The van der Waals surface area contributed by atoms with Gasteiger partial charge in [-0.1, -0.05) is 29.8 Å². The third-order valence-corrected chi connectivity index (χ3v) is 6.85. The summed E-state index contributed by atoms with van der Waals surface area (Å²) < 4.78 is 32.5. The molecule has 1 amide bonds. The van der Waals surface area contributed by atoms with Crippen LogP contribution >= 0.6 is 11.6 Å². The molecule has 2 aromatic carbocycles. The molecule has 0 radical (unpaired) electrons. The number of halogens is 1. The number of nitrogens with zero attached hydrogens (tertiary/aromatic N) is 1. The second-order valence-electron chi connectivity index (χ2n) is 6.62. The van der Waals surface area contributed by atoms with Crippen molar-refractivity contribution in [1.82, 2.24) is 9.62 Å². The van der Waals surface area contributed by atoms with E-state index in [0.717, 1.165) is 24.2 Å². The van der Waals surface area contributed by atoms with E-state index in [0.29, 0.717) is 19.7 Å². The van der Waals surface area contributed by atoms with Gasteiger partial charge in [0.15, 0.2) is 0 Å². The van der Waals surface area contributed by atoms with Crippen molar-refractivity contribution in [1.29, 1.82) is 0 Å². The molecule has 1 N–H and O–H groups in total. The topological polar surface area (TPSA) is 75.7 Å². The van der Waals surface area contributed by atoms with Crippen LogP contribution in [0.2, 0.25) is 5.02 Å². The molecule has 1 aliphatic rings. The third-order valence-electron chi connectivity index (χ3n) is 4.62. The maximum Gasteiger partial charge on any atom is 0.252 e. The van der Waals surface area contributed by atoms with Crippen molar-refractivity contribution in [2.45, 2.75) is 24.7 Å². The van der Waals surface area contributed by atoms with Crippen molar-refractivity contribution >= 4 is 27.5 Å². The summed E-state index contributed by atoms with van der Waals surface area (Å²) in [5.74, 6) is 0.324. The third kappa shape index (κ3) is 4.66. The molecular formula is C20H23ClN2O4S. The standard InChI is InChI=1S/C20H23ClN2O4S/c1-15-6-2-3-7-19(15)27-13-10-22-20(24)17-14-16(8-9-18(17)21)28(25,26)23-11-4-5-12-23/h2-3,6-9,14H,4-5,10-13H2,1H3,(H,22,24). The van der Waals surface area contributed by atoms with Gasteiger partial charge in [0.2, 0.25) is 10.0 Å². The van der Waals surface area contributed by atoms with E-state index in [1.807, 2.05) is 31.2 Å². The fraction of sp³-hybridized carbons (Fsp3) is 0.350. The monoisotopic (exact) mass is 422 g/mol. The summed E-state index contributed by atoms with van der Waals surface area (Å²) in [5, 5.41) is 2.93. The minimum absolute atomic E-state index is 0.0834. The van der Waals surface area contributed by atoms with E-state index in [9.17, 15) is 13.2 Å². The number of aryl methyl sites for hydroxylation is 1. The van der Waals surface area contributed by atoms with Gasteiger partial charge in [-0.15, -0.1) is 0 Å². The number of sulfonamides is 1. The Balaban J connectivity index is 1.64. The van der Waals surface area contributed by atoms with Crippen molar-refractivity contribution in [3.05, 3.63) is 58.6 Å². The molecule has 150 valence electrons. The molecule has 0 saturated carbocycles. The maximum absolute atomic E-state index is 12.7. The van der Waals surface area contributed by atoms with Crippen molar-refractivity contribution in [2.75, 3.05) is 26.2 Å². The van der Waals surface area contributed by atoms with Crippen LogP contribution < -0.4 is 10.1 Å². The zero-order valence-electron chi connectivity index (χ0n) is 15.7. The lowest BCUT2D eigenvalue weighted by atomic mass is 10.2. The summed E-state index contributed by atoms with van der Waals surface area (Å²) >= 11 is 6.13. The molecule has 0 spiro atoms. The number of amides is 1. The first-order valence-electron chi connectivity index (χ1n) is 9.16. The summed E-state index contributed by atoms with van der Waals surface area (Å²) in [7, 11) is -3.61. The SMILES string of the molecule is Cc1ccccc1OCCNC(=O)c1cc(S(=O)(=O)N2CCCC2)ccc1Cl. The summed E-state index contributed by atoms with van der Waals surface area (Å²) in [6, 6.07) is 11.8. The van der Waals surface area contributed by atoms with Crippen LogP contribution in [0.5, 0.6) is 5.75 Å². The number of carbonyl (C=O) groups is 1. The lowest BCUT2D eigenvalue weighted by Gasteiger charge is -2.16. The molecule has 1 fully saturated rings. The van der Waals surface area contributed by atoms with Crippen LogP contribution in [0, 0.1) is 6.92 Å². The van der Waals surface area contributed by atoms with E-state index >= 15 is 0 Å². The first kappa shape index (κ1) is 20.6. The van der Waals surface area contributed by atoms with Crippen LogP contribution in [-0.4, -0.2) is 44.9 Å². The second kappa shape index (κ2) is 8.94. The van der Waals surface area contributed by atoms with E-state index in [2.05, 4.69) is 5.32 Å². The molecule has 1 saturated heterocycles. The van der Waals surface area contributed by atoms with Gasteiger partial charge < -0.3 is 10.1 Å². The van der Waals surface area contributed by atoms with Gasteiger partial charge in [0, 0.05) is 13.1 Å². The highest BCUT2D eigenvalue weighted by Crippen LogP contribution is 2.25. The molecule has 0 aromatic heterocycles. The highest BCUT2D eigenvalue weighted by Gasteiger charge is 2.28. The second-order valence-corrected chi connectivity index (χ2v) is 8.97. The molecule has 1 aliphatic heterocycles. The van der Waals surface area contributed by atoms with Gasteiger partial charge in [-0.3, -0.25) is 4.79 Å². The Bertz CT molecular complexity index is 956. The van der Waals surface area contributed by atoms with Crippen LogP contribution in [0.1, 0.15) is 28.8 Å². The van der Waals surface area contributed by atoms with Crippen LogP contribution in [-0.2, 0) is 10.0 Å². The lowest BCUT2D eigenvalue weighted by molar-refractivity contribution is 0.0947. The van der Waals surface area contributed by atoms with Crippen molar-refractivity contribution in [3.63, 3.8) is 0 Å². The average molecular weight is 423 g/mol. The van der Waals surface area contributed by atoms with E-state index < -0.39 is 15.9 Å². The maximum atomic E-state index is 12.7. The predicted molar refractivity (Wildman–Crippen MR) is 108 cm³/mol. The lowest BCUT2D eigenvalue weighted by Crippen LogP contribution is -2.30. The quantitative estimate of drug-likeness (QED) is 0.695. The molecule has 8 heteroatoms. The first-order chi connectivity index (χ1) is 13.4. The molecule has 0 bridgehead atoms. The Morgan fingerprint density at radius 1 is 1.18 bits per heavy atom. The van der Waals surface area contributed by atoms with Crippen LogP contribution in [0.25, 0.3) is 0 Å². The molecule has 1 heterocycles. The molecule has 0 aliphatic carbocycles. The van der Waals surface area contributed by atoms with E-state index in [-0.39, 0.29) is 22.0 Å². The highest BCUT2D eigenvalue weighted by molar-refractivity contribution is 7.89. The van der Waals surface area contributed by atoms with Gasteiger partial charge in [0.1, 0.15) is 12.4 Å². The minimum Gasteiger partial charge on any atom is -0.491 e. The van der Waals surface area contributed by atoms with E-state index in [4.69, 9.17) is 16.3 Å². The number of para-hydroxylation sites is 1. The van der Waals surface area contributed by atoms with Gasteiger partial charge >= 0.3 is 0 Å². The molecular weight excluding hydrogens is 400 g/mol. The Kier molecular flexibility index (Phi) is 6.59. The number of benzene rings is 2. The van der Waals surface area contributed by atoms with Crippen molar-refractivity contribution in [2.24, 2.45) is 0 Å². The van der Waals surface area contributed by atoms with Gasteiger partial charge in [-0.2, -0.15) is 4.31 Å². The Labute approximate surface area is 170 Å². The first-order valence-corrected chi connectivity index (χ1v) is 11.0. The van der Waals surface area contributed by atoms with Crippen molar-refractivity contribution in [3.8, 4) is 5.75 Å². The van der Waals surface area contributed by atoms with Gasteiger partial charge in [-0.25, -0.2) is 8.42 Å². The Morgan fingerprint density at radius 3 is 2.61 bits per heavy atom. The Hall–Kier alpha value is -2.09. The zero-order valence-corrected chi connectivity index (χ0v) is 17.2. The Morgan fingerprint density at radius 2 is 1.89 bits per heavy atom. The van der Waals surface area contributed by atoms with E-state index in [1.54, 1.807) is 0 Å². The molecule has 2 aromatic rings. The number of hydrogen-bond donors (Lipinski definition) is 1. The molecule has 3 rings (SSSR count). The molecule has 6 nitrogen and oxygen atoms in total. The number of hydrogen-bond acceptors (Lipinski definition) is 4. The van der Waals surface area contributed by atoms with Crippen LogP contribution in [0.3, 0.4) is 0 Å². The summed E-state index contributed by atoms with van der Waals surface area (Å²) in [4.78, 5) is 12.6. The van der Waals surface area contributed by atoms with Crippen LogP contribution in [0.4, 0.5) is 0 Å². The van der Waals surface area contributed by atoms with E-state index in [1.165, 1.54) is 22.5 Å². The minimum atomic E-state index is -3.61. The summed E-state index contributed by atoms with van der Waals surface area (Å²) in [6.45, 7) is 3.51. The van der Waals surface area contributed by atoms with Gasteiger partial charge in [0.05, 0.1) is 22.0 Å². The average Bonchev–Trinajstić information content (AvgIpc) is 3.22. The number of carbonyl (C=O) groups excluding carboxylic acids is 1. The molecule has 0 atom stereocenters. The largest absolute Gasteiger partial charge is 0.491 e. The fourth-order valence-corrected chi connectivity index (χ4v) is 4.80. The number of nitrogens with one attached hydrogen (secondary N) is 1. The normalized spacial score (nSPS) is 14.8. The van der Waals surface area contributed by atoms with Gasteiger partial charge in [0.25, 0.3) is 5.91 Å². The molecule has 0 unspecified atom stereocenters. The fourth-order valence-electron chi connectivity index (χ4n) is 3.06. The predicted octanol–water partition coefficient (Wildman–Crippen LogP) is 3.24. The smallest absolute Gasteiger partial charge is 0.252 e. The summed E-state index contributed by atoms with van der Waals surface area (Å²) in [6.07, 6.45) is 1.70. The highest BCUT2D eigenvalue weighted by atomic mass is 35.5. The number of ether oxygens (including phenoxy) is 1. The number of rotatable bonds is 7. The van der Waals surface area contributed by atoms with Gasteiger partial charge in [-0.05, 0) is 49.6 Å². The molecule has 28 heavy (non-hydrogen) atoms. The van der Waals surface area contributed by atoms with Crippen LogP contribution in [0.15, 0.2) is 47.4 Å². The van der Waals surface area contributed by atoms with Crippen molar-refractivity contribution < 1.29 is 17.9 Å².